The number of aromatic nitrogens is 6. The molecule has 9 nitrogen and oxygen atoms in total. The number of carbonyl (C=O) groups excluding carboxylic acids is 1. The summed E-state index contributed by atoms with van der Waals surface area (Å²) in [7, 11) is 0. The monoisotopic (exact) mass is 323 g/mol. The van der Waals surface area contributed by atoms with E-state index < -0.39 is 0 Å². The van der Waals surface area contributed by atoms with E-state index in [1.807, 2.05) is 6.92 Å². The first-order valence-electron chi connectivity index (χ1n) is 7.21. The molecule has 4 aromatic heterocycles. The predicted molar refractivity (Wildman–Crippen MR) is 84.5 cm³/mol. The molecule has 24 heavy (non-hydrogen) atoms. The highest BCUT2D eigenvalue weighted by Gasteiger charge is 2.20. The van der Waals surface area contributed by atoms with Gasteiger partial charge in [-0.1, -0.05) is 5.16 Å². The van der Waals surface area contributed by atoms with Gasteiger partial charge in [0, 0.05) is 12.4 Å². The van der Waals surface area contributed by atoms with Crippen LogP contribution in [-0.2, 0) is 0 Å². The molecule has 0 unspecified atom stereocenters. The minimum absolute atomic E-state index is 0.321. The first kappa shape index (κ1) is 14.1. The largest absolute Gasteiger partial charge is 0.361 e. The Labute approximate surface area is 135 Å². The van der Waals surface area contributed by atoms with Crippen molar-refractivity contribution in [1.82, 2.24) is 30.0 Å². The number of hydrogen-bond donors (Lipinski definition) is 2. The van der Waals surface area contributed by atoms with Crippen LogP contribution in [0.4, 0.5) is 5.69 Å². The zero-order valence-corrected chi connectivity index (χ0v) is 12.9. The first-order valence-corrected chi connectivity index (χ1v) is 7.21. The number of fused-ring (bicyclic) bond motifs is 1. The van der Waals surface area contributed by atoms with Gasteiger partial charge in [-0.2, -0.15) is 10.2 Å². The van der Waals surface area contributed by atoms with Gasteiger partial charge in [0.25, 0.3) is 5.91 Å². The molecular weight excluding hydrogens is 310 g/mol. The van der Waals surface area contributed by atoms with E-state index in [-0.39, 0.29) is 5.91 Å². The lowest BCUT2D eigenvalue weighted by atomic mass is 10.1. The third-order valence-corrected chi connectivity index (χ3v) is 3.69. The second-order valence-electron chi connectivity index (χ2n) is 5.26. The maximum absolute atomic E-state index is 12.6. The molecule has 0 spiro atoms. The fraction of sp³-hybridized carbons (Fsp3) is 0.133. The van der Waals surface area contributed by atoms with Crippen LogP contribution in [0, 0.1) is 13.8 Å². The second kappa shape index (κ2) is 5.30. The van der Waals surface area contributed by atoms with Gasteiger partial charge in [0.15, 0.2) is 5.65 Å². The Morgan fingerprint density at radius 3 is 3.00 bits per heavy atom. The molecule has 0 aromatic carbocycles. The van der Waals surface area contributed by atoms with E-state index in [1.165, 1.54) is 12.4 Å². The van der Waals surface area contributed by atoms with Gasteiger partial charge in [0.1, 0.15) is 11.3 Å². The number of amides is 1. The molecule has 9 heteroatoms. The van der Waals surface area contributed by atoms with E-state index in [0.717, 1.165) is 5.56 Å². The number of aryl methyl sites for hydroxylation is 2. The molecule has 4 aromatic rings. The summed E-state index contributed by atoms with van der Waals surface area (Å²) in [5.41, 5.74) is 3.53. The van der Waals surface area contributed by atoms with Crippen LogP contribution in [0.25, 0.3) is 16.9 Å². The molecule has 0 aliphatic carbocycles. The van der Waals surface area contributed by atoms with Crippen molar-refractivity contribution in [2.24, 2.45) is 0 Å². The standard InChI is InChI=1S/C15H13N7O2/c1-8-12(9(2)24-21-8)13-11(7-17-20-13)19-15(23)10-6-18-22-5-3-4-16-14(10)22/h3-7H,1-2H3,(H,17,20)(H,19,23). The normalized spacial score (nSPS) is 11.1. The molecule has 0 aliphatic heterocycles. The average Bonchev–Trinajstić information content (AvgIpc) is 3.27. The van der Waals surface area contributed by atoms with Gasteiger partial charge in [-0.15, -0.1) is 0 Å². The Bertz CT molecular complexity index is 1020. The van der Waals surface area contributed by atoms with Crippen molar-refractivity contribution in [2.45, 2.75) is 13.8 Å². The number of nitrogens with one attached hydrogen (secondary N) is 2. The number of H-pyrrole nitrogens is 1. The average molecular weight is 323 g/mol. The Hall–Kier alpha value is -3.49. The topological polar surface area (TPSA) is 114 Å². The summed E-state index contributed by atoms with van der Waals surface area (Å²) >= 11 is 0. The molecule has 2 N–H and O–H groups in total. The number of nitrogens with zero attached hydrogens (tertiary/aromatic N) is 5. The highest BCUT2D eigenvalue weighted by molar-refractivity contribution is 6.09. The maximum Gasteiger partial charge on any atom is 0.261 e. The molecule has 0 aliphatic rings. The Morgan fingerprint density at radius 2 is 2.21 bits per heavy atom. The number of aromatic amines is 1. The van der Waals surface area contributed by atoms with Gasteiger partial charge in [-0.3, -0.25) is 9.89 Å². The van der Waals surface area contributed by atoms with Crippen molar-refractivity contribution < 1.29 is 9.32 Å². The van der Waals surface area contributed by atoms with E-state index in [4.69, 9.17) is 4.52 Å². The van der Waals surface area contributed by atoms with E-state index >= 15 is 0 Å². The van der Waals surface area contributed by atoms with E-state index in [9.17, 15) is 4.79 Å². The highest BCUT2D eigenvalue weighted by Crippen LogP contribution is 2.31. The van der Waals surface area contributed by atoms with Crippen molar-refractivity contribution in [3.05, 3.63) is 47.9 Å². The summed E-state index contributed by atoms with van der Waals surface area (Å²) in [6, 6.07) is 1.74. The molecule has 4 heterocycles. The maximum atomic E-state index is 12.6. The second-order valence-corrected chi connectivity index (χ2v) is 5.26. The summed E-state index contributed by atoms with van der Waals surface area (Å²) in [6.45, 7) is 3.63. The van der Waals surface area contributed by atoms with Crippen molar-refractivity contribution in [3.63, 3.8) is 0 Å². The fourth-order valence-corrected chi connectivity index (χ4v) is 2.59. The van der Waals surface area contributed by atoms with Crippen LogP contribution in [-0.4, -0.2) is 35.9 Å². The summed E-state index contributed by atoms with van der Waals surface area (Å²) in [4.78, 5) is 16.8. The van der Waals surface area contributed by atoms with Gasteiger partial charge in [-0.05, 0) is 19.9 Å². The van der Waals surface area contributed by atoms with Crippen molar-refractivity contribution in [1.29, 1.82) is 0 Å². The van der Waals surface area contributed by atoms with Gasteiger partial charge >= 0.3 is 0 Å². The predicted octanol–water partition coefficient (Wildman–Crippen LogP) is 1.98. The summed E-state index contributed by atoms with van der Waals surface area (Å²) < 4.78 is 6.72. The quantitative estimate of drug-likeness (QED) is 0.596. The number of hydrogen-bond acceptors (Lipinski definition) is 6. The zero-order chi connectivity index (χ0) is 16.7. The lowest BCUT2D eigenvalue weighted by Gasteiger charge is -2.04. The molecule has 0 bridgehead atoms. The first-order chi connectivity index (χ1) is 11.6. The van der Waals surface area contributed by atoms with Crippen LogP contribution in [0.15, 0.2) is 35.4 Å². The van der Waals surface area contributed by atoms with Crippen LogP contribution in [0.3, 0.4) is 0 Å². The third kappa shape index (κ3) is 2.14. The van der Waals surface area contributed by atoms with Crippen LogP contribution >= 0.6 is 0 Å². The number of anilines is 1. The molecule has 1 amide bonds. The Morgan fingerprint density at radius 1 is 1.33 bits per heavy atom. The zero-order valence-electron chi connectivity index (χ0n) is 12.9. The van der Waals surface area contributed by atoms with Crippen LogP contribution in [0.1, 0.15) is 21.8 Å². The van der Waals surface area contributed by atoms with Gasteiger partial charge in [0.2, 0.25) is 0 Å². The van der Waals surface area contributed by atoms with Gasteiger partial charge < -0.3 is 9.84 Å². The lowest BCUT2D eigenvalue weighted by Crippen LogP contribution is -2.12. The molecular formula is C15H13N7O2. The molecule has 4 rings (SSSR count). The molecule has 0 fully saturated rings. The number of carbonyl (C=O) groups is 1. The summed E-state index contributed by atoms with van der Waals surface area (Å²) in [5.74, 6) is 0.322. The molecule has 0 radical (unpaired) electrons. The summed E-state index contributed by atoms with van der Waals surface area (Å²) in [5, 5.41) is 17.8. The van der Waals surface area contributed by atoms with Crippen LogP contribution in [0.2, 0.25) is 0 Å². The Balaban J connectivity index is 1.70. The SMILES string of the molecule is Cc1noc(C)c1-c1[nH]ncc1NC(=O)c1cnn2cccnc12. The van der Waals surface area contributed by atoms with Crippen molar-refractivity contribution >= 4 is 17.2 Å². The summed E-state index contributed by atoms with van der Waals surface area (Å²) in [6.07, 6.45) is 6.36. The molecule has 120 valence electrons. The van der Waals surface area contributed by atoms with E-state index in [0.29, 0.717) is 34.0 Å². The van der Waals surface area contributed by atoms with Crippen LogP contribution in [0.5, 0.6) is 0 Å². The molecule has 0 atom stereocenters. The number of rotatable bonds is 3. The van der Waals surface area contributed by atoms with Crippen LogP contribution < -0.4 is 5.32 Å². The van der Waals surface area contributed by atoms with Crippen molar-refractivity contribution in [3.8, 4) is 11.3 Å². The molecule has 0 saturated heterocycles. The smallest absolute Gasteiger partial charge is 0.261 e. The van der Waals surface area contributed by atoms with E-state index in [1.54, 1.807) is 29.9 Å². The highest BCUT2D eigenvalue weighted by atomic mass is 16.5. The third-order valence-electron chi connectivity index (χ3n) is 3.69. The minimum Gasteiger partial charge on any atom is -0.361 e. The fourth-order valence-electron chi connectivity index (χ4n) is 2.59. The minimum atomic E-state index is -0.321. The lowest BCUT2D eigenvalue weighted by molar-refractivity contribution is 0.102. The van der Waals surface area contributed by atoms with Gasteiger partial charge in [-0.25, -0.2) is 9.50 Å². The van der Waals surface area contributed by atoms with E-state index in [2.05, 4.69) is 30.8 Å². The molecule has 0 saturated carbocycles. The van der Waals surface area contributed by atoms with Crippen molar-refractivity contribution in [2.75, 3.05) is 5.32 Å². The Kier molecular flexibility index (Phi) is 3.12. The van der Waals surface area contributed by atoms with Gasteiger partial charge in [0.05, 0.1) is 35.0 Å².